The quantitative estimate of drug-likeness (QED) is 0.654. The maximum absolute atomic E-state index is 5.55. The van der Waals surface area contributed by atoms with E-state index in [1.807, 2.05) is 66.7 Å². The number of hydrazine groups is 1. The van der Waals surface area contributed by atoms with Crippen LogP contribution in [0.2, 0.25) is 0 Å². The van der Waals surface area contributed by atoms with E-state index >= 15 is 0 Å². The van der Waals surface area contributed by atoms with Gasteiger partial charge in [-0.25, -0.2) is 5.43 Å². The summed E-state index contributed by atoms with van der Waals surface area (Å²) in [6.45, 7) is 0.892. The van der Waals surface area contributed by atoms with Crippen molar-refractivity contribution < 1.29 is 14.2 Å². The van der Waals surface area contributed by atoms with Crippen LogP contribution in [0, 0.1) is 0 Å². The third kappa shape index (κ3) is 3.43. The highest BCUT2D eigenvalue weighted by atomic mass is 16.7. The van der Waals surface area contributed by atoms with Gasteiger partial charge in [-0.15, -0.1) is 0 Å². The van der Waals surface area contributed by atoms with Crippen molar-refractivity contribution in [1.29, 1.82) is 0 Å². The predicted octanol–water partition coefficient (Wildman–Crippen LogP) is 4.21. The van der Waals surface area contributed by atoms with Crippen LogP contribution in [0.4, 0.5) is 5.69 Å². The molecule has 1 heterocycles. The molecule has 0 fully saturated rings. The number of rotatable bonds is 6. The van der Waals surface area contributed by atoms with Crippen LogP contribution in [0.3, 0.4) is 0 Å². The summed E-state index contributed by atoms with van der Waals surface area (Å²) < 4.78 is 16.3. The molecule has 132 valence electrons. The van der Waals surface area contributed by atoms with Gasteiger partial charge < -0.3 is 19.6 Å². The first-order chi connectivity index (χ1) is 12.8. The van der Waals surface area contributed by atoms with Crippen molar-refractivity contribution in [1.82, 2.24) is 5.43 Å². The van der Waals surface area contributed by atoms with E-state index < -0.39 is 0 Å². The van der Waals surface area contributed by atoms with E-state index in [1.54, 1.807) is 7.11 Å². The fourth-order valence-electron chi connectivity index (χ4n) is 2.93. The summed E-state index contributed by atoms with van der Waals surface area (Å²) in [6.07, 6.45) is 0. The molecule has 0 bridgehead atoms. The van der Waals surface area contributed by atoms with Gasteiger partial charge in [-0.3, -0.25) is 0 Å². The van der Waals surface area contributed by atoms with Crippen LogP contribution in [0.25, 0.3) is 11.1 Å². The lowest BCUT2D eigenvalue weighted by Gasteiger charge is -2.14. The molecule has 5 heteroatoms. The first kappa shape index (κ1) is 16.3. The van der Waals surface area contributed by atoms with E-state index in [2.05, 4.69) is 10.9 Å². The third-order valence-corrected chi connectivity index (χ3v) is 4.28. The van der Waals surface area contributed by atoms with E-state index in [-0.39, 0.29) is 6.79 Å². The first-order valence-corrected chi connectivity index (χ1v) is 8.44. The van der Waals surface area contributed by atoms with Gasteiger partial charge in [0.2, 0.25) is 6.79 Å². The molecule has 1 aliphatic heterocycles. The second-order valence-corrected chi connectivity index (χ2v) is 5.94. The summed E-state index contributed by atoms with van der Waals surface area (Å²) in [7, 11) is 1.67. The standard InChI is InChI=1S/C21H20N2O3/c1-24-18-9-7-15(8-10-18)19-12-21-20(25-14-26-21)11-16(19)13-22-23-17-5-3-2-4-6-17/h2-12,22-23H,13-14H2,1H3. The molecule has 0 amide bonds. The molecule has 0 saturated heterocycles. The lowest BCUT2D eigenvalue weighted by atomic mass is 9.98. The summed E-state index contributed by atoms with van der Waals surface area (Å²) in [5, 5.41) is 0. The lowest BCUT2D eigenvalue weighted by molar-refractivity contribution is 0.174. The van der Waals surface area contributed by atoms with Crippen molar-refractivity contribution in [2.75, 3.05) is 19.3 Å². The molecule has 0 atom stereocenters. The molecule has 1 aliphatic rings. The van der Waals surface area contributed by atoms with Gasteiger partial charge in [-0.1, -0.05) is 30.3 Å². The highest BCUT2D eigenvalue weighted by Crippen LogP contribution is 2.39. The monoisotopic (exact) mass is 348 g/mol. The average molecular weight is 348 g/mol. The summed E-state index contributed by atoms with van der Waals surface area (Å²) in [4.78, 5) is 0. The topological polar surface area (TPSA) is 51.8 Å². The Hall–Kier alpha value is -3.18. The van der Waals surface area contributed by atoms with Crippen LogP contribution < -0.4 is 25.1 Å². The van der Waals surface area contributed by atoms with E-state index in [9.17, 15) is 0 Å². The zero-order valence-electron chi connectivity index (χ0n) is 14.5. The normalized spacial score (nSPS) is 12.0. The maximum Gasteiger partial charge on any atom is 0.231 e. The number of methoxy groups -OCH3 is 1. The number of anilines is 1. The number of ether oxygens (including phenoxy) is 3. The maximum atomic E-state index is 5.55. The summed E-state index contributed by atoms with van der Waals surface area (Å²) in [5.41, 5.74) is 10.8. The van der Waals surface area contributed by atoms with Crippen molar-refractivity contribution >= 4 is 5.69 Å². The minimum absolute atomic E-state index is 0.260. The Morgan fingerprint density at radius 1 is 0.923 bits per heavy atom. The van der Waals surface area contributed by atoms with E-state index in [0.29, 0.717) is 6.54 Å². The Kier molecular flexibility index (Phi) is 4.62. The molecule has 2 N–H and O–H groups in total. The minimum atomic E-state index is 0.260. The van der Waals surface area contributed by atoms with E-state index in [1.165, 1.54) is 0 Å². The molecule has 3 aromatic rings. The smallest absolute Gasteiger partial charge is 0.231 e. The molecule has 0 aliphatic carbocycles. The predicted molar refractivity (Wildman–Crippen MR) is 101 cm³/mol. The van der Waals surface area contributed by atoms with Gasteiger partial charge in [0.15, 0.2) is 11.5 Å². The van der Waals surface area contributed by atoms with Gasteiger partial charge >= 0.3 is 0 Å². The molecule has 5 nitrogen and oxygen atoms in total. The summed E-state index contributed by atoms with van der Waals surface area (Å²) >= 11 is 0. The zero-order valence-corrected chi connectivity index (χ0v) is 14.5. The van der Waals surface area contributed by atoms with E-state index in [0.717, 1.165) is 39.6 Å². The number of para-hydroxylation sites is 1. The molecule has 0 saturated carbocycles. The Labute approximate surface area is 152 Å². The Morgan fingerprint density at radius 3 is 2.38 bits per heavy atom. The SMILES string of the molecule is COc1ccc(-c2cc3c(cc2CNNc2ccccc2)OCO3)cc1. The molecule has 0 spiro atoms. The lowest BCUT2D eigenvalue weighted by Crippen LogP contribution is -2.21. The van der Waals surface area contributed by atoms with Crippen LogP contribution in [-0.2, 0) is 6.54 Å². The zero-order chi connectivity index (χ0) is 17.8. The van der Waals surface area contributed by atoms with Crippen LogP contribution in [0.5, 0.6) is 17.2 Å². The van der Waals surface area contributed by atoms with Crippen LogP contribution in [-0.4, -0.2) is 13.9 Å². The summed E-state index contributed by atoms with van der Waals surface area (Å²) in [5.74, 6) is 2.38. The highest BCUT2D eigenvalue weighted by Gasteiger charge is 2.18. The van der Waals surface area contributed by atoms with Gasteiger partial charge in [0, 0.05) is 12.2 Å². The van der Waals surface area contributed by atoms with Crippen LogP contribution >= 0.6 is 0 Å². The largest absolute Gasteiger partial charge is 0.497 e. The Bertz CT molecular complexity index is 880. The molecule has 4 rings (SSSR count). The highest BCUT2D eigenvalue weighted by molar-refractivity contribution is 5.72. The van der Waals surface area contributed by atoms with Crippen molar-refractivity contribution in [2.45, 2.75) is 6.54 Å². The Balaban J connectivity index is 1.59. The fraction of sp³-hybridized carbons (Fsp3) is 0.143. The van der Waals surface area contributed by atoms with Crippen LogP contribution in [0.15, 0.2) is 66.7 Å². The molecule has 0 aromatic heterocycles. The molecule has 0 unspecified atom stereocenters. The van der Waals surface area contributed by atoms with Gasteiger partial charge in [-0.2, -0.15) is 0 Å². The van der Waals surface area contributed by atoms with E-state index in [4.69, 9.17) is 14.2 Å². The average Bonchev–Trinajstić information content (AvgIpc) is 3.16. The van der Waals surface area contributed by atoms with Gasteiger partial charge in [0.1, 0.15) is 5.75 Å². The van der Waals surface area contributed by atoms with Crippen molar-refractivity contribution in [3.63, 3.8) is 0 Å². The number of fused-ring (bicyclic) bond motifs is 1. The second-order valence-electron chi connectivity index (χ2n) is 5.94. The van der Waals surface area contributed by atoms with Crippen molar-refractivity contribution in [2.24, 2.45) is 0 Å². The second kappa shape index (κ2) is 7.37. The molecule has 26 heavy (non-hydrogen) atoms. The first-order valence-electron chi connectivity index (χ1n) is 8.44. The summed E-state index contributed by atoms with van der Waals surface area (Å²) in [6, 6.07) is 22.1. The molecular weight excluding hydrogens is 328 g/mol. The van der Waals surface area contributed by atoms with Crippen molar-refractivity contribution in [3.05, 3.63) is 72.3 Å². The fourth-order valence-corrected chi connectivity index (χ4v) is 2.93. The third-order valence-electron chi connectivity index (χ3n) is 4.28. The van der Waals surface area contributed by atoms with Gasteiger partial charge in [0.05, 0.1) is 7.11 Å². The number of hydrogen-bond acceptors (Lipinski definition) is 5. The molecule has 0 radical (unpaired) electrons. The molecule has 3 aromatic carbocycles. The number of nitrogens with one attached hydrogen (secondary N) is 2. The number of hydrogen-bond donors (Lipinski definition) is 2. The minimum Gasteiger partial charge on any atom is -0.497 e. The number of benzene rings is 3. The van der Waals surface area contributed by atoms with Gasteiger partial charge in [-0.05, 0) is 53.1 Å². The molecular formula is C21H20N2O3. The van der Waals surface area contributed by atoms with Crippen molar-refractivity contribution in [3.8, 4) is 28.4 Å². The van der Waals surface area contributed by atoms with Gasteiger partial charge in [0.25, 0.3) is 0 Å². The Morgan fingerprint density at radius 2 is 1.65 bits per heavy atom. The van der Waals surface area contributed by atoms with Crippen LogP contribution in [0.1, 0.15) is 5.56 Å².